The van der Waals surface area contributed by atoms with Gasteiger partial charge in [0.25, 0.3) is 0 Å². The van der Waals surface area contributed by atoms with Gasteiger partial charge in [-0.05, 0) is 35.8 Å². The second kappa shape index (κ2) is 6.49. The van der Waals surface area contributed by atoms with Crippen molar-refractivity contribution < 1.29 is 19.5 Å². The number of aryl methyl sites for hydroxylation is 1. The fourth-order valence-corrected chi connectivity index (χ4v) is 2.82. The fraction of sp³-hybridized carbons (Fsp3) is 0.250. The van der Waals surface area contributed by atoms with Crippen LogP contribution in [0.25, 0.3) is 6.08 Å². The molecule has 2 aromatic carbocycles. The van der Waals surface area contributed by atoms with Crippen molar-refractivity contribution in [3.05, 3.63) is 64.4 Å². The zero-order valence-corrected chi connectivity index (χ0v) is 14.2. The number of fused-ring (bicyclic) bond motifs is 1. The number of carbonyl (C=O) groups excluding carboxylic acids is 1. The number of quaternary nitrogens is 1. The van der Waals surface area contributed by atoms with Gasteiger partial charge in [-0.15, -0.1) is 0 Å². The molecule has 0 radical (unpaired) electrons. The van der Waals surface area contributed by atoms with Crippen LogP contribution < -0.4 is 9.64 Å². The molecule has 0 saturated carbocycles. The van der Waals surface area contributed by atoms with Crippen LogP contribution in [-0.2, 0) is 13.0 Å². The number of rotatable bonds is 4. The molecule has 0 spiro atoms. The molecule has 0 fully saturated rings. The summed E-state index contributed by atoms with van der Waals surface area (Å²) in [5.74, 6) is 0.809. The summed E-state index contributed by atoms with van der Waals surface area (Å²) in [4.78, 5) is 13.7. The average molecular weight is 324 g/mol. The van der Waals surface area contributed by atoms with Crippen molar-refractivity contribution >= 4 is 11.9 Å². The third kappa shape index (κ3) is 3.05. The predicted octanol–water partition coefficient (Wildman–Crippen LogP) is 2.22. The van der Waals surface area contributed by atoms with E-state index in [1.165, 1.54) is 5.56 Å². The summed E-state index contributed by atoms with van der Waals surface area (Å²) in [7, 11) is 3.98. The molecule has 3 rings (SSSR count). The first kappa shape index (κ1) is 16.3. The van der Waals surface area contributed by atoms with Crippen LogP contribution in [0.5, 0.6) is 11.5 Å². The molecule has 24 heavy (non-hydrogen) atoms. The number of hydrogen-bond donors (Lipinski definition) is 2. The van der Waals surface area contributed by atoms with Crippen LogP contribution in [0.15, 0.2) is 42.2 Å². The number of benzene rings is 2. The Balaban J connectivity index is 1.96. The fourth-order valence-electron chi connectivity index (χ4n) is 2.82. The van der Waals surface area contributed by atoms with Crippen molar-refractivity contribution in [1.82, 2.24) is 0 Å². The van der Waals surface area contributed by atoms with Crippen LogP contribution in [0.2, 0.25) is 0 Å². The van der Waals surface area contributed by atoms with Crippen LogP contribution in [-0.4, -0.2) is 25.0 Å². The Hall–Kier alpha value is -2.59. The van der Waals surface area contributed by atoms with E-state index in [0.717, 1.165) is 16.9 Å². The van der Waals surface area contributed by atoms with E-state index in [1.807, 2.05) is 38.4 Å². The van der Waals surface area contributed by atoms with Crippen molar-refractivity contribution in [2.24, 2.45) is 0 Å². The average Bonchev–Trinajstić information content (AvgIpc) is 2.87. The molecule has 0 atom stereocenters. The first-order valence-electron chi connectivity index (χ1n) is 8.16. The standard InChI is InChI=1S/C20H21NO3/c1-4-13-5-7-14(8-6-13)11-18-19(23)15-9-10-17(22)16(12-21(2)3)20(15)24-18/h5-11,22H,4,12H2,1-3H3/p+1/b18-11-. The number of hydrogen-bond acceptors (Lipinski definition) is 3. The van der Waals surface area contributed by atoms with Crippen molar-refractivity contribution in [3.8, 4) is 11.5 Å². The zero-order valence-electron chi connectivity index (χ0n) is 14.2. The van der Waals surface area contributed by atoms with Crippen LogP contribution in [0.4, 0.5) is 0 Å². The predicted molar refractivity (Wildman–Crippen MR) is 93.4 cm³/mol. The third-order valence-electron chi connectivity index (χ3n) is 4.13. The van der Waals surface area contributed by atoms with Crippen molar-refractivity contribution in [3.63, 3.8) is 0 Å². The first-order valence-corrected chi connectivity index (χ1v) is 8.16. The molecule has 0 unspecified atom stereocenters. The number of ether oxygens (including phenoxy) is 1. The van der Waals surface area contributed by atoms with E-state index >= 15 is 0 Å². The molecule has 0 aromatic heterocycles. The second-order valence-corrected chi connectivity index (χ2v) is 6.36. The molecule has 4 heteroatoms. The minimum Gasteiger partial charge on any atom is -0.507 e. The van der Waals surface area contributed by atoms with Gasteiger partial charge in [-0.25, -0.2) is 0 Å². The lowest BCUT2D eigenvalue weighted by Gasteiger charge is -2.12. The largest absolute Gasteiger partial charge is 0.507 e. The number of carbonyl (C=O) groups is 1. The first-order chi connectivity index (χ1) is 11.5. The van der Waals surface area contributed by atoms with E-state index in [1.54, 1.807) is 18.2 Å². The Kier molecular flexibility index (Phi) is 4.40. The van der Waals surface area contributed by atoms with Gasteiger partial charge in [0.2, 0.25) is 5.78 Å². The van der Waals surface area contributed by atoms with Gasteiger partial charge in [0.15, 0.2) is 11.5 Å². The van der Waals surface area contributed by atoms with Gasteiger partial charge in [0.1, 0.15) is 12.3 Å². The lowest BCUT2D eigenvalue weighted by Crippen LogP contribution is -3.04. The minimum atomic E-state index is -0.139. The van der Waals surface area contributed by atoms with Gasteiger partial charge in [0.05, 0.1) is 25.2 Å². The Labute approximate surface area is 142 Å². The highest BCUT2D eigenvalue weighted by Gasteiger charge is 2.31. The number of aromatic hydroxyl groups is 1. The van der Waals surface area contributed by atoms with Gasteiger partial charge in [-0.1, -0.05) is 31.2 Å². The molecule has 2 aromatic rings. The van der Waals surface area contributed by atoms with Crippen molar-refractivity contribution in [1.29, 1.82) is 0 Å². The summed E-state index contributed by atoms with van der Waals surface area (Å²) in [6, 6.07) is 11.2. The van der Waals surface area contributed by atoms with Gasteiger partial charge in [-0.3, -0.25) is 4.79 Å². The van der Waals surface area contributed by atoms with Crippen molar-refractivity contribution in [2.75, 3.05) is 14.1 Å². The maximum absolute atomic E-state index is 12.6. The molecule has 0 aliphatic carbocycles. The van der Waals surface area contributed by atoms with Crippen LogP contribution in [0, 0.1) is 0 Å². The molecular formula is C20H22NO3+. The van der Waals surface area contributed by atoms with Gasteiger partial charge < -0.3 is 14.7 Å². The van der Waals surface area contributed by atoms with Crippen molar-refractivity contribution in [2.45, 2.75) is 19.9 Å². The smallest absolute Gasteiger partial charge is 0.231 e. The van der Waals surface area contributed by atoms with E-state index in [9.17, 15) is 9.90 Å². The molecule has 2 N–H and O–H groups in total. The monoisotopic (exact) mass is 324 g/mol. The summed E-state index contributed by atoms with van der Waals surface area (Å²) in [6.45, 7) is 2.69. The lowest BCUT2D eigenvalue weighted by atomic mass is 10.0. The minimum absolute atomic E-state index is 0.139. The maximum atomic E-state index is 12.6. The lowest BCUT2D eigenvalue weighted by molar-refractivity contribution is -0.872. The Morgan fingerprint density at radius 1 is 1.12 bits per heavy atom. The molecule has 4 nitrogen and oxygen atoms in total. The Bertz CT molecular complexity index is 804. The highest BCUT2D eigenvalue weighted by atomic mass is 16.5. The van der Waals surface area contributed by atoms with Gasteiger partial charge in [0, 0.05) is 0 Å². The Morgan fingerprint density at radius 2 is 1.83 bits per heavy atom. The van der Waals surface area contributed by atoms with Gasteiger partial charge >= 0.3 is 0 Å². The normalized spacial score (nSPS) is 15.0. The molecule has 0 amide bonds. The molecule has 0 saturated heterocycles. The quantitative estimate of drug-likeness (QED) is 0.848. The number of nitrogens with one attached hydrogen (secondary N) is 1. The van der Waals surface area contributed by atoms with Crippen LogP contribution >= 0.6 is 0 Å². The van der Waals surface area contributed by atoms with E-state index in [-0.39, 0.29) is 11.5 Å². The van der Waals surface area contributed by atoms with E-state index in [4.69, 9.17) is 4.74 Å². The number of phenols is 1. The number of Topliss-reactive ketones (excluding diaryl/α,β-unsaturated/α-hetero) is 1. The Morgan fingerprint density at radius 3 is 2.46 bits per heavy atom. The number of allylic oxidation sites excluding steroid dienone is 1. The molecule has 124 valence electrons. The molecular weight excluding hydrogens is 302 g/mol. The SMILES string of the molecule is CCc1ccc(/C=C2\Oc3c(ccc(O)c3C[NH+](C)C)C2=O)cc1. The second-order valence-electron chi connectivity index (χ2n) is 6.36. The highest BCUT2D eigenvalue weighted by Crippen LogP contribution is 2.39. The summed E-state index contributed by atoms with van der Waals surface area (Å²) < 4.78 is 5.83. The zero-order chi connectivity index (χ0) is 17.3. The third-order valence-corrected chi connectivity index (χ3v) is 4.13. The summed E-state index contributed by atoms with van der Waals surface area (Å²) in [5, 5.41) is 10.1. The van der Waals surface area contributed by atoms with Gasteiger partial charge in [-0.2, -0.15) is 0 Å². The number of phenolic OH excluding ortho intramolecular Hbond substituents is 1. The summed E-state index contributed by atoms with van der Waals surface area (Å²) in [5.41, 5.74) is 3.36. The summed E-state index contributed by atoms with van der Waals surface area (Å²) >= 11 is 0. The topological polar surface area (TPSA) is 51.0 Å². The van der Waals surface area contributed by atoms with E-state index < -0.39 is 0 Å². The maximum Gasteiger partial charge on any atom is 0.231 e. The van der Waals surface area contributed by atoms with E-state index in [0.29, 0.717) is 29.2 Å². The molecule has 1 aliphatic heterocycles. The molecule has 0 bridgehead atoms. The molecule has 1 aliphatic rings. The summed E-state index contributed by atoms with van der Waals surface area (Å²) in [6.07, 6.45) is 2.73. The van der Waals surface area contributed by atoms with Crippen LogP contribution in [0.1, 0.15) is 34.0 Å². The molecule has 1 heterocycles. The highest BCUT2D eigenvalue weighted by molar-refractivity contribution is 6.14. The van der Waals surface area contributed by atoms with Crippen LogP contribution in [0.3, 0.4) is 0 Å². The number of ketones is 1. The van der Waals surface area contributed by atoms with E-state index in [2.05, 4.69) is 6.92 Å².